The lowest BCUT2D eigenvalue weighted by atomic mass is 10.1. The lowest BCUT2D eigenvalue weighted by Gasteiger charge is -2.33. The predicted molar refractivity (Wildman–Crippen MR) is 79.8 cm³/mol. The molecule has 1 aromatic rings. The molecule has 1 aliphatic heterocycles. The van der Waals surface area contributed by atoms with Crippen molar-refractivity contribution < 1.29 is 26.7 Å². The Morgan fingerprint density at radius 2 is 1.74 bits per heavy atom. The van der Waals surface area contributed by atoms with Crippen molar-refractivity contribution in [1.82, 2.24) is 9.21 Å². The van der Waals surface area contributed by atoms with Gasteiger partial charge in [-0.3, -0.25) is 4.79 Å². The van der Waals surface area contributed by atoms with Gasteiger partial charge in [0.2, 0.25) is 15.9 Å². The van der Waals surface area contributed by atoms with Crippen LogP contribution in [0.5, 0.6) is 5.75 Å². The third kappa shape index (κ3) is 5.14. The number of ether oxygens (including phenoxy) is 1. The van der Waals surface area contributed by atoms with Crippen LogP contribution in [0.4, 0.5) is 8.78 Å². The van der Waals surface area contributed by atoms with Gasteiger partial charge in [-0.1, -0.05) is 12.1 Å². The molecule has 0 atom stereocenters. The summed E-state index contributed by atoms with van der Waals surface area (Å²) in [7, 11) is -3.23. The van der Waals surface area contributed by atoms with Crippen molar-refractivity contribution in [2.45, 2.75) is 13.0 Å². The molecule has 0 bridgehead atoms. The number of carbonyl (C=O) groups excluding carboxylic acids is 1. The number of benzene rings is 1. The number of rotatable bonds is 5. The molecule has 1 aliphatic rings. The van der Waals surface area contributed by atoms with Crippen molar-refractivity contribution in [2.24, 2.45) is 0 Å². The summed E-state index contributed by atoms with van der Waals surface area (Å²) in [6.45, 7) is -1.62. The summed E-state index contributed by atoms with van der Waals surface area (Å²) in [5.74, 6) is -0.0846. The first-order valence-corrected chi connectivity index (χ1v) is 8.87. The molecule has 0 unspecified atom stereocenters. The van der Waals surface area contributed by atoms with Crippen molar-refractivity contribution in [3.8, 4) is 5.75 Å². The highest BCUT2D eigenvalue weighted by molar-refractivity contribution is 7.88. The van der Waals surface area contributed by atoms with Crippen LogP contribution in [0.1, 0.15) is 5.56 Å². The fraction of sp³-hybridized carbons (Fsp3) is 0.500. The maximum atomic E-state index is 12.2. The van der Waals surface area contributed by atoms with Gasteiger partial charge in [0.1, 0.15) is 5.75 Å². The van der Waals surface area contributed by atoms with Crippen molar-refractivity contribution in [1.29, 1.82) is 0 Å². The summed E-state index contributed by atoms with van der Waals surface area (Å²) >= 11 is 0. The van der Waals surface area contributed by atoms with E-state index in [1.54, 1.807) is 17.0 Å². The third-order valence-corrected chi connectivity index (χ3v) is 4.87. The Morgan fingerprint density at radius 3 is 2.22 bits per heavy atom. The molecule has 0 aliphatic carbocycles. The van der Waals surface area contributed by atoms with Gasteiger partial charge in [0.25, 0.3) is 0 Å². The van der Waals surface area contributed by atoms with Crippen LogP contribution in [0.2, 0.25) is 0 Å². The van der Waals surface area contributed by atoms with Gasteiger partial charge in [-0.25, -0.2) is 8.42 Å². The molecular weight excluding hydrogens is 330 g/mol. The van der Waals surface area contributed by atoms with E-state index in [1.165, 1.54) is 16.4 Å². The molecule has 0 aromatic heterocycles. The molecule has 1 amide bonds. The number of hydrogen-bond acceptors (Lipinski definition) is 4. The molecule has 0 spiro atoms. The minimum Gasteiger partial charge on any atom is -0.435 e. The molecule has 0 saturated carbocycles. The Morgan fingerprint density at radius 1 is 1.17 bits per heavy atom. The van der Waals surface area contributed by atoms with E-state index in [4.69, 9.17) is 0 Å². The second kappa shape index (κ2) is 7.22. The summed E-state index contributed by atoms with van der Waals surface area (Å²) in [6.07, 6.45) is 1.28. The van der Waals surface area contributed by atoms with E-state index in [2.05, 4.69) is 4.74 Å². The first-order valence-electron chi connectivity index (χ1n) is 7.02. The Bertz CT molecular complexity index is 641. The number of nitrogens with zero attached hydrogens (tertiary/aromatic N) is 2. The van der Waals surface area contributed by atoms with E-state index in [-0.39, 0.29) is 31.2 Å². The number of hydrogen-bond donors (Lipinski definition) is 0. The Labute approximate surface area is 133 Å². The normalized spacial score (nSPS) is 16.6. The second-order valence-corrected chi connectivity index (χ2v) is 7.22. The molecule has 0 N–H and O–H groups in total. The number of carbonyl (C=O) groups is 1. The highest BCUT2D eigenvalue weighted by atomic mass is 32.2. The van der Waals surface area contributed by atoms with Gasteiger partial charge < -0.3 is 9.64 Å². The van der Waals surface area contributed by atoms with E-state index in [9.17, 15) is 22.0 Å². The summed E-state index contributed by atoms with van der Waals surface area (Å²) < 4.78 is 52.5. The average molecular weight is 348 g/mol. The van der Waals surface area contributed by atoms with Crippen molar-refractivity contribution >= 4 is 15.9 Å². The van der Waals surface area contributed by atoms with Crippen molar-refractivity contribution in [2.75, 3.05) is 32.4 Å². The molecule has 2 rings (SSSR count). The molecule has 0 radical (unpaired) electrons. The van der Waals surface area contributed by atoms with Crippen molar-refractivity contribution in [3.05, 3.63) is 29.8 Å². The van der Waals surface area contributed by atoms with Crippen LogP contribution >= 0.6 is 0 Å². The first-order chi connectivity index (χ1) is 10.8. The summed E-state index contributed by atoms with van der Waals surface area (Å²) in [5.41, 5.74) is 0.683. The van der Waals surface area contributed by atoms with Gasteiger partial charge in [0.05, 0.1) is 12.7 Å². The minimum absolute atomic E-state index is 0.0398. The van der Waals surface area contributed by atoms with E-state index < -0.39 is 16.6 Å². The van der Waals surface area contributed by atoms with Crippen LogP contribution in [0.25, 0.3) is 0 Å². The summed E-state index contributed by atoms with van der Waals surface area (Å²) in [6, 6.07) is 5.89. The largest absolute Gasteiger partial charge is 0.435 e. The molecule has 6 nitrogen and oxygen atoms in total. The molecule has 9 heteroatoms. The van der Waals surface area contributed by atoms with E-state index in [0.717, 1.165) is 6.26 Å². The molecular formula is C14H18F2N2O4S. The van der Waals surface area contributed by atoms with Crippen LogP contribution in [-0.4, -0.2) is 62.6 Å². The zero-order valence-corrected chi connectivity index (χ0v) is 13.4. The summed E-state index contributed by atoms with van der Waals surface area (Å²) in [4.78, 5) is 13.8. The van der Waals surface area contributed by atoms with Crippen LogP contribution in [-0.2, 0) is 21.2 Å². The molecule has 1 heterocycles. The van der Waals surface area contributed by atoms with Crippen LogP contribution in [0.3, 0.4) is 0 Å². The average Bonchev–Trinajstić information content (AvgIpc) is 2.48. The van der Waals surface area contributed by atoms with Gasteiger partial charge in [-0.15, -0.1) is 0 Å². The van der Waals surface area contributed by atoms with E-state index >= 15 is 0 Å². The Hall–Kier alpha value is -1.74. The fourth-order valence-electron chi connectivity index (χ4n) is 2.34. The van der Waals surface area contributed by atoms with E-state index in [1.807, 2.05) is 0 Å². The first kappa shape index (κ1) is 17.6. The fourth-order valence-corrected chi connectivity index (χ4v) is 3.17. The molecule has 1 saturated heterocycles. The topological polar surface area (TPSA) is 66.9 Å². The number of halogens is 2. The quantitative estimate of drug-likeness (QED) is 0.794. The summed E-state index contributed by atoms with van der Waals surface area (Å²) in [5, 5.41) is 0. The number of sulfonamides is 1. The third-order valence-electron chi connectivity index (χ3n) is 3.56. The predicted octanol–water partition coefficient (Wildman–Crippen LogP) is 0.934. The Kier molecular flexibility index (Phi) is 5.53. The second-order valence-electron chi connectivity index (χ2n) is 5.24. The number of amides is 1. The van der Waals surface area contributed by atoms with Crippen LogP contribution in [0.15, 0.2) is 24.3 Å². The number of alkyl halides is 2. The maximum Gasteiger partial charge on any atom is 0.387 e. The molecule has 128 valence electrons. The van der Waals surface area contributed by atoms with Gasteiger partial charge >= 0.3 is 6.61 Å². The van der Waals surface area contributed by atoms with Gasteiger partial charge in [-0.05, 0) is 17.7 Å². The molecule has 1 aromatic carbocycles. The molecule has 1 fully saturated rings. The minimum atomic E-state index is -3.23. The van der Waals surface area contributed by atoms with Crippen LogP contribution in [0, 0.1) is 0 Å². The lowest BCUT2D eigenvalue weighted by molar-refractivity contribution is -0.131. The Balaban J connectivity index is 1.88. The SMILES string of the molecule is CS(=O)(=O)N1CCN(C(=O)Cc2ccc(OC(F)F)cc2)CC1. The van der Waals surface area contributed by atoms with Gasteiger partial charge in [-0.2, -0.15) is 13.1 Å². The number of piperazine rings is 1. The van der Waals surface area contributed by atoms with Crippen LogP contribution < -0.4 is 4.74 Å². The monoisotopic (exact) mass is 348 g/mol. The zero-order chi connectivity index (χ0) is 17.0. The zero-order valence-electron chi connectivity index (χ0n) is 12.6. The molecule has 23 heavy (non-hydrogen) atoms. The van der Waals surface area contributed by atoms with E-state index in [0.29, 0.717) is 18.7 Å². The standard InChI is InChI=1S/C14H18F2N2O4S/c1-23(20,21)18-8-6-17(7-9-18)13(19)10-11-2-4-12(5-3-11)22-14(15)16/h2-5,14H,6-10H2,1H3. The lowest BCUT2D eigenvalue weighted by Crippen LogP contribution is -2.50. The van der Waals surface area contributed by atoms with Gasteiger partial charge in [0, 0.05) is 26.2 Å². The smallest absolute Gasteiger partial charge is 0.387 e. The maximum absolute atomic E-state index is 12.2. The van der Waals surface area contributed by atoms with Crippen molar-refractivity contribution in [3.63, 3.8) is 0 Å². The van der Waals surface area contributed by atoms with Gasteiger partial charge in [0.15, 0.2) is 0 Å². The highest BCUT2D eigenvalue weighted by Gasteiger charge is 2.25. The highest BCUT2D eigenvalue weighted by Crippen LogP contribution is 2.16.